The second kappa shape index (κ2) is 3.20. The molecule has 0 bridgehead atoms. The highest BCUT2D eigenvalue weighted by Gasteiger charge is 2.61. The molecule has 0 fully saturated rings. The molecular weight excluding hydrogens is 230 g/mol. The van der Waals surface area contributed by atoms with Gasteiger partial charge in [-0.15, -0.1) is 0 Å². The van der Waals surface area contributed by atoms with Gasteiger partial charge in [-0.1, -0.05) is 50.2 Å². The Labute approximate surface area is 105 Å². The summed E-state index contributed by atoms with van der Waals surface area (Å²) in [5, 5.41) is 14.6. The highest BCUT2D eigenvalue weighted by atomic mass is 16.7. The van der Waals surface area contributed by atoms with E-state index in [0.717, 1.165) is 0 Å². The van der Waals surface area contributed by atoms with Gasteiger partial charge in [0.15, 0.2) is 5.78 Å². The van der Waals surface area contributed by atoms with Crippen molar-refractivity contribution in [2.75, 3.05) is 0 Å². The van der Waals surface area contributed by atoms with Crippen LogP contribution >= 0.6 is 0 Å². The predicted molar refractivity (Wildman–Crippen MR) is 66.1 cm³/mol. The van der Waals surface area contributed by atoms with E-state index in [1.807, 2.05) is 20.8 Å². The van der Waals surface area contributed by atoms with Gasteiger partial charge >= 0.3 is 0 Å². The van der Waals surface area contributed by atoms with E-state index in [2.05, 4.69) is 5.16 Å². The average Bonchev–Trinajstić information content (AvgIpc) is 2.75. The summed E-state index contributed by atoms with van der Waals surface area (Å²) in [6.07, 6.45) is 0. The fraction of sp³-hybridized carbons (Fsp3) is 0.429. The monoisotopic (exact) mass is 245 g/mol. The summed E-state index contributed by atoms with van der Waals surface area (Å²) in [6.45, 7) is 5.87. The molecule has 1 aromatic carbocycles. The summed E-state index contributed by atoms with van der Waals surface area (Å²) in [6, 6.07) is 7.01. The summed E-state index contributed by atoms with van der Waals surface area (Å²) >= 11 is 0. The van der Waals surface area contributed by atoms with E-state index in [1.165, 1.54) is 0 Å². The third-order valence-corrected chi connectivity index (χ3v) is 3.56. The number of benzene rings is 1. The lowest BCUT2D eigenvalue weighted by molar-refractivity contribution is -0.204. The van der Waals surface area contributed by atoms with Crippen molar-refractivity contribution in [3.63, 3.8) is 0 Å². The van der Waals surface area contributed by atoms with Crippen molar-refractivity contribution >= 4 is 11.5 Å². The van der Waals surface area contributed by atoms with Crippen LogP contribution in [0.5, 0.6) is 0 Å². The molecule has 1 heterocycles. The third kappa shape index (κ3) is 1.24. The van der Waals surface area contributed by atoms with Crippen molar-refractivity contribution in [1.29, 1.82) is 0 Å². The van der Waals surface area contributed by atoms with Crippen molar-refractivity contribution in [3.05, 3.63) is 35.4 Å². The SMILES string of the molecule is CC(C)(C)C1=NO[C@@]2(O)c3ccccc3C(=O)[C@@H]12. The molecule has 3 rings (SSSR count). The fourth-order valence-electron chi connectivity index (χ4n) is 2.65. The minimum Gasteiger partial charge on any atom is -0.354 e. The minimum atomic E-state index is -1.61. The molecule has 0 saturated heterocycles. The molecule has 0 radical (unpaired) electrons. The molecule has 0 saturated carbocycles. The molecule has 1 N–H and O–H groups in total. The quantitative estimate of drug-likeness (QED) is 0.761. The van der Waals surface area contributed by atoms with E-state index in [9.17, 15) is 9.90 Å². The zero-order valence-corrected chi connectivity index (χ0v) is 10.6. The lowest BCUT2D eigenvalue weighted by atomic mass is 9.79. The molecule has 18 heavy (non-hydrogen) atoms. The second-order valence-electron chi connectivity index (χ2n) is 5.86. The van der Waals surface area contributed by atoms with E-state index < -0.39 is 11.7 Å². The summed E-state index contributed by atoms with van der Waals surface area (Å²) in [5.74, 6) is -2.44. The zero-order valence-electron chi connectivity index (χ0n) is 10.6. The smallest absolute Gasteiger partial charge is 0.277 e. The molecule has 1 aromatic rings. The van der Waals surface area contributed by atoms with Crippen LogP contribution in [-0.4, -0.2) is 16.6 Å². The molecule has 0 amide bonds. The van der Waals surface area contributed by atoms with Crippen molar-refractivity contribution in [3.8, 4) is 0 Å². The number of oxime groups is 1. The Hall–Kier alpha value is -1.68. The van der Waals surface area contributed by atoms with Gasteiger partial charge in [-0.3, -0.25) is 4.79 Å². The van der Waals surface area contributed by atoms with Crippen LogP contribution in [0.25, 0.3) is 0 Å². The Bertz CT molecular complexity index is 571. The highest BCUT2D eigenvalue weighted by molar-refractivity contribution is 6.18. The molecule has 4 nitrogen and oxygen atoms in total. The Balaban J connectivity index is 2.16. The van der Waals surface area contributed by atoms with Gasteiger partial charge in [0.25, 0.3) is 5.79 Å². The first kappa shape index (κ1) is 11.4. The van der Waals surface area contributed by atoms with Crippen LogP contribution < -0.4 is 0 Å². The molecular formula is C14H15NO3. The lowest BCUT2D eigenvalue weighted by Gasteiger charge is -2.24. The largest absolute Gasteiger partial charge is 0.354 e. The molecule has 0 unspecified atom stereocenters. The first-order valence-electron chi connectivity index (χ1n) is 5.98. The average molecular weight is 245 g/mol. The van der Waals surface area contributed by atoms with E-state index in [4.69, 9.17) is 4.84 Å². The zero-order chi connectivity index (χ0) is 13.1. The van der Waals surface area contributed by atoms with Crippen LogP contribution in [0.4, 0.5) is 0 Å². The summed E-state index contributed by atoms with van der Waals surface area (Å²) in [7, 11) is 0. The van der Waals surface area contributed by atoms with Gasteiger partial charge in [0, 0.05) is 16.5 Å². The van der Waals surface area contributed by atoms with Crippen molar-refractivity contribution in [1.82, 2.24) is 0 Å². The van der Waals surface area contributed by atoms with Crippen LogP contribution in [-0.2, 0) is 10.6 Å². The van der Waals surface area contributed by atoms with E-state index in [-0.39, 0.29) is 11.2 Å². The number of carbonyl (C=O) groups is 1. The van der Waals surface area contributed by atoms with Crippen LogP contribution in [0, 0.1) is 11.3 Å². The van der Waals surface area contributed by atoms with E-state index >= 15 is 0 Å². The topological polar surface area (TPSA) is 58.9 Å². The number of nitrogens with zero attached hydrogens (tertiary/aromatic N) is 1. The Morgan fingerprint density at radius 2 is 2.00 bits per heavy atom. The third-order valence-electron chi connectivity index (χ3n) is 3.56. The maximum Gasteiger partial charge on any atom is 0.277 e. The number of carbonyl (C=O) groups excluding carboxylic acids is 1. The van der Waals surface area contributed by atoms with Gasteiger partial charge in [0.2, 0.25) is 0 Å². The van der Waals surface area contributed by atoms with Gasteiger partial charge in [0.05, 0.1) is 5.71 Å². The highest BCUT2D eigenvalue weighted by Crippen LogP contribution is 2.49. The number of hydrogen-bond donors (Lipinski definition) is 1. The van der Waals surface area contributed by atoms with Crippen molar-refractivity contribution in [2.24, 2.45) is 16.5 Å². The first-order valence-corrected chi connectivity index (χ1v) is 5.98. The van der Waals surface area contributed by atoms with Crippen LogP contribution in [0.3, 0.4) is 0 Å². The fourth-order valence-corrected chi connectivity index (χ4v) is 2.65. The number of Topliss-reactive ketones (excluding diaryl/α,β-unsaturated/α-hetero) is 1. The van der Waals surface area contributed by atoms with E-state index in [1.54, 1.807) is 24.3 Å². The molecule has 1 aliphatic heterocycles. The van der Waals surface area contributed by atoms with E-state index in [0.29, 0.717) is 16.8 Å². The molecule has 0 aromatic heterocycles. The molecule has 1 aliphatic carbocycles. The number of rotatable bonds is 0. The van der Waals surface area contributed by atoms with Gasteiger partial charge in [-0.05, 0) is 0 Å². The number of fused-ring (bicyclic) bond motifs is 3. The maximum absolute atomic E-state index is 12.4. The molecule has 2 atom stereocenters. The standard InChI is InChI=1S/C14H15NO3/c1-13(2,3)12-10-11(16)8-6-4-5-7-9(8)14(10,17)18-15-12/h4-7,10,17H,1-3H3/t10-,14-/m0/s1. The molecule has 94 valence electrons. The number of ketones is 1. The van der Waals surface area contributed by atoms with Crippen LogP contribution in [0.2, 0.25) is 0 Å². The lowest BCUT2D eigenvalue weighted by Crippen LogP contribution is -2.39. The summed E-state index contributed by atoms with van der Waals surface area (Å²) < 4.78 is 0. The summed E-state index contributed by atoms with van der Waals surface area (Å²) in [5.41, 5.74) is 1.34. The number of aliphatic hydroxyl groups is 1. The Morgan fingerprint density at radius 3 is 2.67 bits per heavy atom. The van der Waals surface area contributed by atoms with Crippen LogP contribution in [0.1, 0.15) is 36.7 Å². The molecule has 2 aliphatic rings. The molecule has 4 heteroatoms. The molecule has 0 spiro atoms. The number of hydrogen-bond acceptors (Lipinski definition) is 4. The van der Waals surface area contributed by atoms with Gasteiger partial charge < -0.3 is 9.94 Å². The van der Waals surface area contributed by atoms with Gasteiger partial charge in [0.1, 0.15) is 5.92 Å². The van der Waals surface area contributed by atoms with Gasteiger partial charge in [-0.2, -0.15) is 0 Å². The summed E-state index contributed by atoms with van der Waals surface area (Å²) in [4.78, 5) is 17.6. The van der Waals surface area contributed by atoms with Crippen LogP contribution in [0.15, 0.2) is 29.4 Å². The predicted octanol–water partition coefficient (Wildman–Crippen LogP) is 2.08. The maximum atomic E-state index is 12.4. The second-order valence-corrected chi connectivity index (χ2v) is 5.86. The normalized spacial score (nSPS) is 29.7. The Kier molecular flexibility index (Phi) is 2.03. The first-order chi connectivity index (χ1) is 8.36. The minimum absolute atomic E-state index is 0.112. The van der Waals surface area contributed by atoms with Crippen molar-refractivity contribution < 1.29 is 14.7 Å². The Morgan fingerprint density at radius 1 is 1.33 bits per heavy atom. The van der Waals surface area contributed by atoms with Crippen molar-refractivity contribution in [2.45, 2.75) is 26.6 Å². The van der Waals surface area contributed by atoms with Gasteiger partial charge in [-0.25, -0.2) is 0 Å².